The van der Waals surface area contributed by atoms with Crippen LogP contribution in [0.2, 0.25) is 0 Å². The van der Waals surface area contributed by atoms with E-state index in [0.717, 1.165) is 0 Å². The van der Waals surface area contributed by atoms with E-state index in [-0.39, 0.29) is 39.8 Å². The Hall–Kier alpha value is -6.31. The third-order valence-electron chi connectivity index (χ3n) is 10.4. The van der Waals surface area contributed by atoms with Gasteiger partial charge in [-0.3, -0.25) is 0 Å². The molecule has 2 N–H and O–H groups in total. The van der Waals surface area contributed by atoms with E-state index in [1.807, 2.05) is 0 Å². The number of aliphatic hydroxyl groups excluding tert-OH is 2. The highest BCUT2D eigenvalue weighted by Gasteiger charge is 2.57. The summed E-state index contributed by atoms with van der Waals surface area (Å²) in [6.07, 6.45) is -16.8. The number of halogens is 1. The lowest BCUT2D eigenvalue weighted by atomic mass is 9.96. The highest BCUT2D eigenvalue weighted by atomic mass is 79.9. The van der Waals surface area contributed by atoms with Crippen LogP contribution >= 0.6 is 15.9 Å². The minimum atomic E-state index is -1.89. The van der Waals surface area contributed by atoms with E-state index < -0.39 is 104 Å². The summed E-state index contributed by atoms with van der Waals surface area (Å²) >= 11 is 3.33. The number of carbonyl (C=O) groups excluding carboxylic acids is 5. The first kappa shape index (κ1) is 47.6. The van der Waals surface area contributed by atoms with Crippen LogP contribution in [0.15, 0.2) is 152 Å². The second-order valence-corrected chi connectivity index (χ2v) is 15.6. The van der Waals surface area contributed by atoms with Gasteiger partial charge >= 0.3 is 29.8 Å². The Labute approximate surface area is 387 Å². The number of hydrogen-bond acceptors (Lipinski definition) is 16. The molecule has 2 fully saturated rings. The van der Waals surface area contributed by atoms with Crippen molar-refractivity contribution in [1.82, 2.24) is 0 Å². The van der Waals surface area contributed by atoms with Crippen LogP contribution in [-0.2, 0) is 42.6 Å². The molecule has 0 saturated carbocycles. The minimum absolute atomic E-state index is 0.0147. The number of rotatable bonds is 17. The Morgan fingerprint density at radius 1 is 0.470 bits per heavy atom. The lowest BCUT2D eigenvalue weighted by molar-refractivity contribution is -0.356. The lowest BCUT2D eigenvalue weighted by Gasteiger charge is -2.48. The van der Waals surface area contributed by atoms with Crippen molar-refractivity contribution < 1.29 is 76.8 Å². The van der Waals surface area contributed by atoms with Crippen LogP contribution in [0, 0.1) is 0 Å². The SMILES string of the molecule is O=C(OC[C@H]1O[C@@H](OCCBr)[C@H](OC(=O)c2ccccc2)[C@@H](OC(=O)c2ccccc2)[C@@H]1O[C@@H]1O[C@H](CO)[C@H](O)[C@H](OC(=O)c2ccccc2)[C@H]1OC(=O)c1ccccc1)c1ccccc1. The van der Waals surface area contributed by atoms with E-state index >= 15 is 0 Å². The Morgan fingerprint density at radius 2 is 0.833 bits per heavy atom. The zero-order valence-electron chi connectivity index (χ0n) is 35.0. The van der Waals surface area contributed by atoms with Crippen molar-refractivity contribution in [1.29, 1.82) is 0 Å². The molecule has 5 aromatic carbocycles. The van der Waals surface area contributed by atoms with Gasteiger partial charge < -0.3 is 52.8 Å². The van der Waals surface area contributed by atoms with Gasteiger partial charge in [0, 0.05) is 5.33 Å². The molecule has 66 heavy (non-hydrogen) atoms. The van der Waals surface area contributed by atoms with Gasteiger partial charge in [0.2, 0.25) is 0 Å². The fraction of sp³-hybridized carbons (Fsp3) is 0.286. The largest absolute Gasteiger partial charge is 0.459 e. The monoisotopic (exact) mass is 968 g/mol. The van der Waals surface area contributed by atoms with Crippen molar-refractivity contribution >= 4 is 45.8 Å². The minimum Gasteiger partial charge on any atom is -0.459 e. The quantitative estimate of drug-likeness (QED) is 0.0684. The zero-order chi connectivity index (χ0) is 46.4. The molecule has 16 nitrogen and oxygen atoms in total. The fourth-order valence-corrected chi connectivity index (χ4v) is 7.36. The van der Waals surface area contributed by atoms with Crippen molar-refractivity contribution in [3.63, 3.8) is 0 Å². The first-order valence-electron chi connectivity index (χ1n) is 20.8. The molecule has 0 radical (unpaired) electrons. The first-order chi connectivity index (χ1) is 32.1. The molecule has 2 aliphatic heterocycles. The number of esters is 5. The third kappa shape index (κ3) is 11.9. The number of ether oxygens (including phenoxy) is 9. The van der Waals surface area contributed by atoms with Gasteiger partial charge in [-0.15, -0.1) is 0 Å². The maximum Gasteiger partial charge on any atom is 0.338 e. The number of carbonyl (C=O) groups is 5. The predicted molar refractivity (Wildman–Crippen MR) is 234 cm³/mol. The number of hydrogen-bond donors (Lipinski definition) is 2. The summed E-state index contributed by atoms with van der Waals surface area (Å²) in [6, 6.07) is 39.4. The summed E-state index contributed by atoms with van der Waals surface area (Å²) in [5, 5.41) is 22.5. The summed E-state index contributed by atoms with van der Waals surface area (Å²) in [6.45, 7) is -1.48. The highest BCUT2D eigenvalue weighted by Crippen LogP contribution is 2.36. The molecule has 2 aliphatic rings. The fourth-order valence-electron chi connectivity index (χ4n) is 7.18. The van der Waals surface area contributed by atoms with Crippen LogP contribution in [0.5, 0.6) is 0 Å². The summed E-state index contributed by atoms with van der Waals surface area (Å²) in [5.41, 5.74) is 0.525. The smallest absolute Gasteiger partial charge is 0.338 e. The van der Waals surface area contributed by atoms with Crippen molar-refractivity contribution in [3.8, 4) is 0 Å². The molecule has 7 rings (SSSR count). The third-order valence-corrected chi connectivity index (χ3v) is 10.8. The molecule has 0 aromatic heterocycles. The van der Waals surface area contributed by atoms with Crippen LogP contribution in [-0.4, -0.2) is 127 Å². The summed E-state index contributed by atoms with van der Waals surface area (Å²) in [4.78, 5) is 69.0. The van der Waals surface area contributed by atoms with Crippen molar-refractivity contribution in [3.05, 3.63) is 179 Å². The van der Waals surface area contributed by atoms with Crippen LogP contribution in [0.1, 0.15) is 51.8 Å². The lowest BCUT2D eigenvalue weighted by Crippen LogP contribution is -2.67. The van der Waals surface area contributed by atoms with Crippen LogP contribution < -0.4 is 0 Å². The normalized spacial score (nSPS) is 24.8. The maximum atomic E-state index is 14.1. The predicted octanol–water partition coefficient (Wildman–Crippen LogP) is 5.35. The van der Waals surface area contributed by atoms with Gasteiger partial charge in [0.15, 0.2) is 37.0 Å². The van der Waals surface area contributed by atoms with Crippen molar-refractivity contribution in [2.24, 2.45) is 0 Å². The summed E-state index contributed by atoms with van der Waals surface area (Å²) < 4.78 is 55.3. The van der Waals surface area contributed by atoms with E-state index in [4.69, 9.17) is 42.6 Å². The van der Waals surface area contributed by atoms with E-state index in [9.17, 15) is 34.2 Å². The van der Waals surface area contributed by atoms with Gasteiger partial charge in [0.25, 0.3) is 0 Å². The standard InChI is InChI=1S/C49H45BrO16/c50-26-27-58-48-42(65-47(57)34-24-14-5-15-25-34)40(63-45(55)32-20-10-3-11-21-32)38(36(61-48)29-59-43(53)30-16-6-1-7-17-30)66-49-41(64-46(56)33-22-12-4-13-23-33)39(37(52)35(28-51)60-49)62-44(54)31-18-8-2-9-19-31/h1-25,35-42,48-49,51-52H,26-29H2/t35-,36-,37+,38-,39+,40+,41-,42-,48-,49+/m1/s1. The Kier molecular flexibility index (Phi) is 16.8. The first-order valence-corrected chi connectivity index (χ1v) is 22.0. The molecule has 0 bridgehead atoms. The Balaban J connectivity index is 1.33. The van der Waals surface area contributed by atoms with Gasteiger partial charge in [-0.2, -0.15) is 0 Å². The Morgan fingerprint density at radius 3 is 1.24 bits per heavy atom. The molecule has 5 aromatic rings. The molecule has 344 valence electrons. The maximum absolute atomic E-state index is 14.1. The molecular formula is C49H45BrO16. The van der Waals surface area contributed by atoms with Crippen LogP contribution in [0.4, 0.5) is 0 Å². The van der Waals surface area contributed by atoms with Crippen molar-refractivity contribution in [2.75, 3.05) is 25.2 Å². The van der Waals surface area contributed by atoms with Gasteiger partial charge in [-0.25, -0.2) is 24.0 Å². The van der Waals surface area contributed by atoms with Gasteiger partial charge in [0.05, 0.1) is 41.0 Å². The number of alkyl halides is 1. The van der Waals surface area contributed by atoms with Gasteiger partial charge in [-0.1, -0.05) is 107 Å². The summed E-state index contributed by atoms with van der Waals surface area (Å²) in [5.74, 6) is -4.44. The van der Waals surface area contributed by atoms with E-state index in [2.05, 4.69) is 15.9 Å². The molecular weight excluding hydrogens is 924 g/mol. The van der Waals surface area contributed by atoms with Crippen LogP contribution in [0.3, 0.4) is 0 Å². The second-order valence-electron chi connectivity index (χ2n) is 14.8. The average molecular weight is 970 g/mol. The molecule has 0 amide bonds. The van der Waals surface area contributed by atoms with Gasteiger partial charge in [0.1, 0.15) is 31.0 Å². The molecule has 17 heteroatoms. The molecule has 0 aliphatic carbocycles. The topological polar surface area (TPSA) is 209 Å². The molecule has 10 atom stereocenters. The summed E-state index contributed by atoms with van der Waals surface area (Å²) in [7, 11) is 0. The van der Waals surface area contributed by atoms with Crippen LogP contribution in [0.25, 0.3) is 0 Å². The molecule has 2 heterocycles. The molecule has 0 unspecified atom stereocenters. The molecule has 0 spiro atoms. The van der Waals surface area contributed by atoms with Gasteiger partial charge in [-0.05, 0) is 60.7 Å². The number of benzene rings is 5. The molecule has 2 saturated heterocycles. The highest BCUT2D eigenvalue weighted by molar-refractivity contribution is 9.09. The van der Waals surface area contributed by atoms with Crippen molar-refractivity contribution in [2.45, 2.75) is 61.4 Å². The number of aliphatic hydroxyl groups is 2. The zero-order valence-corrected chi connectivity index (χ0v) is 36.6. The second kappa shape index (κ2) is 23.2. The van der Waals surface area contributed by atoms with E-state index in [1.165, 1.54) is 60.7 Å². The van der Waals surface area contributed by atoms with E-state index in [1.54, 1.807) is 91.0 Å². The van der Waals surface area contributed by atoms with E-state index in [0.29, 0.717) is 0 Å². The average Bonchev–Trinajstić information content (AvgIpc) is 3.36. The Bertz CT molecular complexity index is 2360.